The van der Waals surface area contributed by atoms with Crippen LogP contribution in [0.3, 0.4) is 0 Å². The smallest absolute Gasteiger partial charge is 0.0900 e. The Morgan fingerprint density at radius 3 is 2.67 bits per heavy atom. The standard InChI is InChI=1S/C13H20N4S/c1-5-17-11(6-8(2)16-17)7-12(14)13-9(3)15-10(4)18-13/h6,12H,5,7,14H2,1-4H3. The second kappa shape index (κ2) is 5.20. The van der Waals surface area contributed by atoms with Gasteiger partial charge in [-0.15, -0.1) is 11.3 Å². The van der Waals surface area contributed by atoms with Gasteiger partial charge in [-0.05, 0) is 33.8 Å². The molecule has 0 spiro atoms. The van der Waals surface area contributed by atoms with Crippen molar-refractivity contribution in [2.24, 2.45) is 5.73 Å². The van der Waals surface area contributed by atoms with Gasteiger partial charge in [0.2, 0.25) is 0 Å². The van der Waals surface area contributed by atoms with Crippen molar-refractivity contribution in [2.75, 3.05) is 0 Å². The van der Waals surface area contributed by atoms with E-state index >= 15 is 0 Å². The largest absolute Gasteiger partial charge is 0.323 e. The third-order valence-electron chi connectivity index (χ3n) is 2.99. The van der Waals surface area contributed by atoms with Crippen molar-refractivity contribution in [2.45, 2.75) is 46.7 Å². The Labute approximate surface area is 112 Å². The van der Waals surface area contributed by atoms with Gasteiger partial charge < -0.3 is 5.73 Å². The molecule has 2 rings (SSSR count). The van der Waals surface area contributed by atoms with Gasteiger partial charge in [-0.3, -0.25) is 4.68 Å². The number of hydrogen-bond acceptors (Lipinski definition) is 4. The molecular weight excluding hydrogens is 244 g/mol. The van der Waals surface area contributed by atoms with Gasteiger partial charge in [-0.2, -0.15) is 5.10 Å². The molecule has 0 aliphatic heterocycles. The highest BCUT2D eigenvalue weighted by molar-refractivity contribution is 7.11. The van der Waals surface area contributed by atoms with Crippen LogP contribution in [-0.4, -0.2) is 14.8 Å². The van der Waals surface area contributed by atoms with E-state index in [-0.39, 0.29) is 6.04 Å². The normalized spacial score (nSPS) is 12.9. The third-order valence-corrected chi connectivity index (χ3v) is 4.20. The Balaban J connectivity index is 2.20. The maximum absolute atomic E-state index is 6.30. The third kappa shape index (κ3) is 2.62. The number of aryl methyl sites for hydroxylation is 4. The quantitative estimate of drug-likeness (QED) is 0.923. The van der Waals surface area contributed by atoms with Crippen LogP contribution in [0.25, 0.3) is 0 Å². The van der Waals surface area contributed by atoms with Crippen molar-refractivity contribution in [3.05, 3.63) is 33.0 Å². The van der Waals surface area contributed by atoms with Crippen LogP contribution in [0.4, 0.5) is 0 Å². The lowest BCUT2D eigenvalue weighted by atomic mass is 10.1. The Hall–Kier alpha value is -1.20. The molecule has 0 bridgehead atoms. The van der Waals surface area contributed by atoms with Crippen LogP contribution in [0, 0.1) is 20.8 Å². The lowest BCUT2D eigenvalue weighted by molar-refractivity contribution is 0.589. The first kappa shape index (κ1) is 13.2. The van der Waals surface area contributed by atoms with Gasteiger partial charge in [0.15, 0.2) is 0 Å². The summed E-state index contributed by atoms with van der Waals surface area (Å²) < 4.78 is 2.03. The fourth-order valence-electron chi connectivity index (χ4n) is 2.25. The molecule has 0 saturated heterocycles. The molecule has 1 atom stereocenters. The number of hydrogen-bond donors (Lipinski definition) is 1. The number of thiazole rings is 1. The van der Waals surface area contributed by atoms with Crippen molar-refractivity contribution in [1.29, 1.82) is 0 Å². The van der Waals surface area contributed by atoms with Crippen LogP contribution in [0.1, 0.15) is 39.9 Å². The Kier molecular flexibility index (Phi) is 3.82. The van der Waals surface area contributed by atoms with Gasteiger partial charge in [0.25, 0.3) is 0 Å². The molecule has 4 nitrogen and oxygen atoms in total. The number of aromatic nitrogens is 3. The van der Waals surface area contributed by atoms with Crippen molar-refractivity contribution in [1.82, 2.24) is 14.8 Å². The van der Waals surface area contributed by atoms with Gasteiger partial charge in [-0.1, -0.05) is 0 Å². The lowest BCUT2D eigenvalue weighted by Crippen LogP contribution is -2.16. The van der Waals surface area contributed by atoms with Crippen LogP contribution < -0.4 is 5.73 Å². The summed E-state index contributed by atoms with van der Waals surface area (Å²) in [5.74, 6) is 0. The molecule has 5 heteroatoms. The van der Waals surface area contributed by atoms with Crippen LogP contribution in [-0.2, 0) is 13.0 Å². The van der Waals surface area contributed by atoms with Crippen LogP contribution >= 0.6 is 11.3 Å². The zero-order chi connectivity index (χ0) is 13.3. The summed E-state index contributed by atoms with van der Waals surface area (Å²) >= 11 is 1.70. The summed E-state index contributed by atoms with van der Waals surface area (Å²) in [4.78, 5) is 5.63. The summed E-state index contributed by atoms with van der Waals surface area (Å²) in [7, 11) is 0. The molecule has 0 amide bonds. The summed E-state index contributed by atoms with van der Waals surface area (Å²) in [6.45, 7) is 9.05. The fourth-order valence-corrected chi connectivity index (χ4v) is 3.18. The Morgan fingerprint density at radius 2 is 2.11 bits per heavy atom. The van der Waals surface area contributed by atoms with E-state index in [1.807, 2.05) is 25.5 Å². The average molecular weight is 264 g/mol. The highest BCUT2D eigenvalue weighted by atomic mass is 32.1. The molecule has 0 radical (unpaired) electrons. The number of nitrogens with zero attached hydrogens (tertiary/aromatic N) is 3. The molecule has 1 unspecified atom stereocenters. The van der Waals surface area contributed by atoms with Crippen molar-refractivity contribution < 1.29 is 0 Å². The van der Waals surface area contributed by atoms with Crippen LogP contribution in [0.2, 0.25) is 0 Å². The van der Waals surface area contributed by atoms with Gasteiger partial charge in [0, 0.05) is 29.6 Å². The second-order valence-corrected chi connectivity index (χ2v) is 5.82. The summed E-state index contributed by atoms with van der Waals surface area (Å²) in [6.07, 6.45) is 0.817. The molecule has 0 fully saturated rings. The monoisotopic (exact) mass is 264 g/mol. The number of rotatable bonds is 4. The Bertz CT molecular complexity index is 541. The molecule has 18 heavy (non-hydrogen) atoms. The second-order valence-electron chi connectivity index (χ2n) is 4.59. The zero-order valence-corrected chi connectivity index (χ0v) is 12.2. The van der Waals surface area contributed by atoms with E-state index in [0.717, 1.165) is 29.4 Å². The summed E-state index contributed by atoms with van der Waals surface area (Å²) in [6, 6.07) is 2.13. The first-order valence-electron chi connectivity index (χ1n) is 6.24. The minimum atomic E-state index is 0.0117. The molecule has 0 aromatic carbocycles. The SMILES string of the molecule is CCn1nc(C)cc1CC(N)c1sc(C)nc1C. The van der Waals surface area contributed by atoms with Crippen molar-refractivity contribution in [3.63, 3.8) is 0 Å². The molecule has 2 heterocycles. The topological polar surface area (TPSA) is 56.7 Å². The zero-order valence-electron chi connectivity index (χ0n) is 11.4. The van der Waals surface area contributed by atoms with Crippen LogP contribution in [0.5, 0.6) is 0 Å². The molecule has 0 saturated carbocycles. The lowest BCUT2D eigenvalue weighted by Gasteiger charge is -2.11. The van der Waals surface area contributed by atoms with E-state index in [9.17, 15) is 0 Å². The van der Waals surface area contributed by atoms with Gasteiger partial charge in [-0.25, -0.2) is 4.98 Å². The molecule has 0 aliphatic carbocycles. The van der Waals surface area contributed by atoms with Gasteiger partial charge in [0.1, 0.15) is 0 Å². The van der Waals surface area contributed by atoms with E-state index in [2.05, 4.69) is 23.1 Å². The van der Waals surface area contributed by atoms with Gasteiger partial charge in [0.05, 0.1) is 16.4 Å². The van der Waals surface area contributed by atoms with Crippen molar-refractivity contribution in [3.8, 4) is 0 Å². The molecule has 98 valence electrons. The first-order chi connectivity index (χ1) is 8.51. The van der Waals surface area contributed by atoms with Crippen LogP contribution in [0.15, 0.2) is 6.07 Å². The minimum absolute atomic E-state index is 0.0117. The molecule has 2 N–H and O–H groups in total. The molecular formula is C13H20N4S. The van der Waals surface area contributed by atoms with E-state index in [4.69, 9.17) is 5.73 Å². The maximum Gasteiger partial charge on any atom is 0.0900 e. The Morgan fingerprint density at radius 1 is 1.39 bits per heavy atom. The van der Waals surface area contributed by atoms with Crippen molar-refractivity contribution >= 4 is 11.3 Å². The van der Waals surface area contributed by atoms with E-state index in [0.29, 0.717) is 0 Å². The van der Waals surface area contributed by atoms with Gasteiger partial charge >= 0.3 is 0 Å². The number of nitrogens with two attached hydrogens (primary N) is 1. The predicted molar refractivity (Wildman–Crippen MR) is 74.9 cm³/mol. The molecule has 2 aromatic rings. The van der Waals surface area contributed by atoms with E-state index in [1.165, 1.54) is 10.6 Å². The highest BCUT2D eigenvalue weighted by Crippen LogP contribution is 2.25. The minimum Gasteiger partial charge on any atom is -0.323 e. The molecule has 0 aliphatic rings. The average Bonchev–Trinajstić information content (AvgIpc) is 2.81. The summed E-state index contributed by atoms with van der Waals surface area (Å²) in [5, 5.41) is 5.53. The highest BCUT2D eigenvalue weighted by Gasteiger charge is 2.16. The fraction of sp³-hybridized carbons (Fsp3) is 0.538. The first-order valence-corrected chi connectivity index (χ1v) is 7.05. The summed E-state index contributed by atoms with van der Waals surface area (Å²) in [5.41, 5.74) is 9.62. The van der Waals surface area contributed by atoms with E-state index < -0.39 is 0 Å². The maximum atomic E-state index is 6.30. The predicted octanol–water partition coefficient (Wildman–Crippen LogP) is 2.53. The molecule has 2 aromatic heterocycles. The van der Waals surface area contributed by atoms with E-state index in [1.54, 1.807) is 11.3 Å².